The van der Waals surface area contributed by atoms with Gasteiger partial charge in [0.1, 0.15) is 11.3 Å². The number of hydrogen-bond acceptors (Lipinski definition) is 3. The van der Waals surface area contributed by atoms with Crippen LogP contribution in [0.2, 0.25) is 0 Å². The summed E-state index contributed by atoms with van der Waals surface area (Å²) in [6.07, 6.45) is 2.65. The van der Waals surface area contributed by atoms with Gasteiger partial charge >= 0.3 is 0 Å². The molecular weight excluding hydrogens is 224 g/mol. The number of nitrogens with two attached hydrogens (primary N) is 1. The molecule has 4 heteroatoms. The van der Waals surface area contributed by atoms with E-state index in [1.165, 1.54) is 0 Å². The molecule has 86 valence electrons. The van der Waals surface area contributed by atoms with E-state index in [9.17, 15) is 0 Å². The fourth-order valence-corrected chi connectivity index (χ4v) is 1.48. The molecule has 0 aliphatic rings. The number of fused-ring (bicyclic) bond motifs is 1. The number of para-hydroxylation sites is 1. The Balaban J connectivity index is 0.00000128. The highest BCUT2D eigenvalue weighted by molar-refractivity contribution is 5.86. The highest BCUT2D eigenvalue weighted by atomic mass is 35.5. The van der Waals surface area contributed by atoms with Gasteiger partial charge in [-0.25, -0.2) is 0 Å². The predicted octanol–water partition coefficient (Wildman–Crippen LogP) is 3.03. The predicted molar refractivity (Wildman–Crippen MR) is 69.2 cm³/mol. The first-order valence-electron chi connectivity index (χ1n) is 5.08. The third kappa shape index (κ3) is 2.55. The molecule has 2 rings (SSSR count). The fraction of sp³-hybridized carbons (Fsp3) is 0.250. The summed E-state index contributed by atoms with van der Waals surface area (Å²) in [7, 11) is 0. The van der Waals surface area contributed by atoms with Crippen molar-refractivity contribution in [3.8, 4) is 5.75 Å². The lowest BCUT2D eigenvalue weighted by Gasteiger charge is -2.07. The van der Waals surface area contributed by atoms with Crippen LogP contribution in [-0.4, -0.2) is 11.6 Å². The van der Waals surface area contributed by atoms with E-state index in [1.807, 2.05) is 24.3 Å². The maximum atomic E-state index is 5.67. The Morgan fingerprint density at radius 2 is 2.19 bits per heavy atom. The summed E-state index contributed by atoms with van der Waals surface area (Å²) < 4.78 is 5.60. The molecule has 1 aromatic heterocycles. The molecule has 1 aromatic carbocycles. The van der Waals surface area contributed by atoms with E-state index in [4.69, 9.17) is 10.5 Å². The lowest BCUT2D eigenvalue weighted by Crippen LogP contribution is -1.97. The molecule has 3 nitrogen and oxygen atoms in total. The second-order valence-corrected chi connectivity index (χ2v) is 3.44. The summed E-state index contributed by atoms with van der Waals surface area (Å²) in [6.45, 7) is 2.79. The molecule has 0 saturated heterocycles. The minimum Gasteiger partial charge on any atom is -0.491 e. The number of nitrogens with zero attached hydrogens (tertiary/aromatic N) is 1. The van der Waals surface area contributed by atoms with Crippen LogP contribution in [0.1, 0.15) is 13.3 Å². The molecular formula is C12H15ClN2O. The van der Waals surface area contributed by atoms with Crippen molar-refractivity contribution in [2.75, 3.05) is 12.3 Å². The topological polar surface area (TPSA) is 48.1 Å². The zero-order chi connectivity index (χ0) is 10.7. The highest BCUT2D eigenvalue weighted by Crippen LogP contribution is 2.24. The lowest BCUT2D eigenvalue weighted by molar-refractivity contribution is 0.320. The minimum absolute atomic E-state index is 0. The summed E-state index contributed by atoms with van der Waals surface area (Å²) in [5.41, 5.74) is 7.22. The van der Waals surface area contributed by atoms with Crippen LogP contribution in [0.3, 0.4) is 0 Å². The van der Waals surface area contributed by atoms with E-state index in [2.05, 4.69) is 11.9 Å². The van der Waals surface area contributed by atoms with E-state index >= 15 is 0 Å². The van der Waals surface area contributed by atoms with E-state index < -0.39 is 0 Å². The summed E-state index contributed by atoms with van der Waals surface area (Å²) in [4.78, 5) is 4.28. The van der Waals surface area contributed by atoms with Crippen molar-refractivity contribution in [2.24, 2.45) is 0 Å². The van der Waals surface area contributed by atoms with Gasteiger partial charge in [0.25, 0.3) is 0 Å². The number of hydrogen-bond donors (Lipinski definition) is 1. The van der Waals surface area contributed by atoms with Gasteiger partial charge in [-0.15, -0.1) is 12.4 Å². The molecule has 0 fully saturated rings. The van der Waals surface area contributed by atoms with Crippen LogP contribution in [0, 0.1) is 0 Å². The number of aromatic nitrogens is 1. The molecule has 0 bridgehead atoms. The van der Waals surface area contributed by atoms with Gasteiger partial charge in [-0.2, -0.15) is 0 Å². The molecule has 0 saturated carbocycles. The van der Waals surface area contributed by atoms with Crippen LogP contribution in [-0.2, 0) is 0 Å². The Kier molecular flexibility index (Phi) is 4.38. The first-order chi connectivity index (χ1) is 7.31. The summed E-state index contributed by atoms with van der Waals surface area (Å²) in [6, 6.07) is 7.77. The number of pyridine rings is 1. The average molecular weight is 239 g/mol. The maximum Gasteiger partial charge on any atom is 0.145 e. The highest BCUT2D eigenvalue weighted by Gasteiger charge is 2.02. The standard InChI is InChI=1S/C12H14N2O.ClH/c1-2-6-15-11-5-3-4-9-7-10(13)8-14-12(9)11;/h3-5,7-8H,2,6,13H2,1H3;1H. The van der Waals surface area contributed by atoms with Crippen molar-refractivity contribution in [2.45, 2.75) is 13.3 Å². The van der Waals surface area contributed by atoms with Crippen LogP contribution >= 0.6 is 12.4 Å². The third-order valence-corrected chi connectivity index (χ3v) is 2.16. The molecule has 16 heavy (non-hydrogen) atoms. The minimum atomic E-state index is 0. The Bertz CT molecular complexity index is 474. The van der Waals surface area contributed by atoms with E-state index in [0.29, 0.717) is 12.3 Å². The number of halogens is 1. The number of rotatable bonds is 3. The molecule has 2 N–H and O–H groups in total. The van der Waals surface area contributed by atoms with Crippen molar-refractivity contribution in [1.29, 1.82) is 0 Å². The van der Waals surface area contributed by atoms with Crippen molar-refractivity contribution >= 4 is 29.0 Å². The van der Waals surface area contributed by atoms with Crippen LogP contribution in [0.4, 0.5) is 5.69 Å². The largest absolute Gasteiger partial charge is 0.491 e. The Hall–Kier alpha value is -1.48. The van der Waals surface area contributed by atoms with E-state index in [-0.39, 0.29) is 12.4 Å². The molecule has 0 atom stereocenters. The van der Waals surface area contributed by atoms with Gasteiger partial charge in [0.2, 0.25) is 0 Å². The first-order valence-corrected chi connectivity index (χ1v) is 5.08. The normalized spacial score (nSPS) is 9.81. The number of benzene rings is 1. The second kappa shape index (κ2) is 5.56. The van der Waals surface area contributed by atoms with Gasteiger partial charge in [0.05, 0.1) is 18.5 Å². The quantitative estimate of drug-likeness (QED) is 0.894. The number of nitrogen functional groups attached to an aromatic ring is 1. The molecule has 0 aliphatic carbocycles. The zero-order valence-electron chi connectivity index (χ0n) is 9.14. The second-order valence-electron chi connectivity index (χ2n) is 3.44. The van der Waals surface area contributed by atoms with Gasteiger partial charge in [0, 0.05) is 5.39 Å². The van der Waals surface area contributed by atoms with Gasteiger partial charge < -0.3 is 10.5 Å². The monoisotopic (exact) mass is 238 g/mol. The Morgan fingerprint density at radius 1 is 1.38 bits per heavy atom. The van der Waals surface area contributed by atoms with Crippen LogP contribution < -0.4 is 10.5 Å². The van der Waals surface area contributed by atoms with Crippen LogP contribution in [0.25, 0.3) is 10.9 Å². The zero-order valence-corrected chi connectivity index (χ0v) is 9.96. The summed E-state index contributed by atoms with van der Waals surface area (Å²) in [5, 5.41) is 1.02. The molecule has 1 heterocycles. The number of anilines is 1. The summed E-state index contributed by atoms with van der Waals surface area (Å²) in [5.74, 6) is 0.828. The fourth-order valence-electron chi connectivity index (χ4n) is 1.48. The summed E-state index contributed by atoms with van der Waals surface area (Å²) >= 11 is 0. The SMILES string of the molecule is CCCOc1cccc2cc(N)cnc12.Cl. The maximum absolute atomic E-state index is 5.67. The molecule has 0 amide bonds. The Morgan fingerprint density at radius 3 is 2.94 bits per heavy atom. The first kappa shape index (κ1) is 12.6. The van der Waals surface area contributed by atoms with Crippen molar-refractivity contribution in [3.63, 3.8) is 0 Å². The smallest absolute Gasteiger partial charge is 0.145 e. The van der Waals surface area contributed by atoms with Gasteiger partial charge in [-0.3, -0.25) is 4.98 Å². The van der Waals surface area contributed by atoms with Gasteiger partial charge in [-0.1, -0.05) is 19.1 Å². The molecule has 0 spiro atoms. The van der Waals surface area contributed by atoms with E-state index in [1.54, 1.807) is 6.20 Å². The van der Waals surface area contributed by atoms with Crippen LogP contribution in [0.5, 0.6) is 5.75 Å². The lowest BCUT2D eigenvalue weighted by atomic mass is 10.2. The molecule has 2 aromatic rings. The molecule has 0 radical (unpaired) electrons. The molecule has 0 unspecified atom stereocenters. The van der Waals surface area contributed by atoms with Gasteiger partial charge in [-0.05, 0) is 18.6 Å². The number of ether oxygens (including phenoxy) is 1. The Labute approximate surface area is 101 Å². The van der Waals surface area contributed by atoms with Crippen LogP contribution in [0.15, 0.2) is 30.5 Å². The van der Waals surface area contributed by atoms with Crippen molar-refractivity contribution in [3.05, 3.63) is 30.5 Å². The van der Waals surface area contributed by atoms with Crippen molar-refractivity contribution < 1.29 is 4.74 Å². The average Bonchev–Trinajstić information content (AvgIpc) is 2.25. The van der Waals surface area contributed by atoms with Crippen molar-refractivity contribution in [1.82, 2.24) is 4.98 Å². The van der Waals surface area contributed by atoms with E-state index in [0.717, 1.165) is 23.1 Å². The van der Waals surface area contributed by atoms with Gasteiger partial charge in [0.15, 0.2) is 0 Å². The molecule has 0 aliphatic heterocycles. The third-order valence-electron chi connectivity index (χ3n) is 2.16.